The number of amides is 3. The quantitative estimate of drug-likeness (QED) is 0.626. The largest absolute Gasteiger partial charge is 0.378 e. The topological polar surface area (TPSA) is 107 Å². The minimum atomic E-state index is -0.449. The van der Waals surface area contributed by atoms with Crippen LogP contribution >= 0.6 is 0 Å². The molecule has 1 saturated heterocycles. The van der Waals surface area contributed by atoms with Crippen molar-refractivity contribution in [2.24, 2.45) is 4.99 Å². The number of likely N-dealkylation sites (N-methyl/N-ethyl adjacent to an activating group) is 1. The van der Waals surface area contributed by atoms with Crippen LogP contribution in [0, 0.1) is 6.92 Å². The van der Waals surface area contributed by atoms with Crippen molar-refractivity contribution in [1.82, 2.24) is 10.3 Å². The smallest absolute Gasteiger partial charge is 0.291 e. The third-order valence-electron chi connectivity index (χ3n) is 5.86. The fourth-order valence-corrected chi connectivity index (χ4v) is 3.87. The van der Waals surface area contributed by atoms with Crippen LogP contribution in [0.4, 0.5) is 17.1 Å². The van der Waals surface area contributed by atoms with E-state index in [1.165, 1.54) is 9.91 Å². The lowest BCUT2D eigenvalue weighted by Crippen LogP contribution is -2.57. The second-order valence-corrected chi connectivity index (χ2v) is 8.36. The Hall–Kier alpha value is -3.92. The first-order valence-electron chi connectivity index (χ1n) is 11.7. The van der Waals surface area contributed by atoms with E-state index >= 15 is 0 Å². The molecule has 2 aliphatic heterocycles. The number of aryl methyl sites for hydroxylation is 1. The fourth-order valence-electron chi connectivity index (χ4n) is 3.87. The number of nitrogens with one attached hydrogen (secondary N) is 2. The maximum absolute atomic E-state index is 13.1. The summed E-state index contributed by atoms with van der Waals surface area (Å²) in [7, 11) is 0. The molecule has 0 bridgehead atoms. The zero-order valence-corrected chi connectivity index (χ0v) is 20.0. The first-order chi connectivity index (χ1) is 16.9. The van der Waals surface area contributed by atoms with Gasteiger partial charge < -0.3 is 19.9 Å². The van der Waals surface area contributed by atoms with Crippen molar-refractivity contribution in [2.45, 2.75) is 13.8 Å². The lowest BCUT2D eigenvalue weighted by Gasteiger charge is -2.30. The number of aliphatic imine (C=N–C) groups is 1. The number of hydrogen-bond acceptors (Lipinski definition) is 7. The molecule has 184 valence electrons. The van der Waals surface area contributed by atoms with E-state index in [0.717, 1.165) is 24.3 Å². The molecule has 2 heterocycles. The van der Waals surface area contributed by atoms with E-state index in [9.17, 15) is 14.4 Å². The zero-order chi connectivity index (χ0) is 24.8. The summed E-state index contributed by atoms with van der Waals surface area (Å²) >= 11 is 0. The van der Waals surface area contributed by atoms with Gasteiger partial charge in [-0.05, 0) is 50.2 Å². The summed E-state index contributed by atoms with van der Waals surface area (Å²) in [4.78, 5) is 45.8. The van der Waals surface area contributed by atoms with Crippen molar-refractivity contribution in [3.8, 4) is 0 Å². The number of hydrazine groups is 1. The third-order valence-corrected chi connectivity index (χ3v) is 5.86. The Morgan fingerprint density at radius 1 is 1.06 bits per heavy atom. The number of carbonyl (C=O) groups is 3. The third kappa shape index (κ3) is 5.96. The summed E-state index contributed by atoms with van der Waals surface area (Å²) in [5, 5.41) is 4.15. The highest BCUT2D eigenvalue weighted by molar-refractivity contribution is 6.39. The van der Waals surface area contributed by atoms with E-state index in [1.54, 1.807) is 19.1 Å². The fraction of sp³-hybridized carbons (Fsp3) is 0.360. The molecule has 0 unspecified atom stereocenters. The summed E-state index contributed by atoms with van der Waals surface area (Å²) in [5.74, 6) is -1.02. The van der Waals surface area contributed by atoms with Gasteiger partial charge >= 0.3 is 0 Å². The Morgan fingerprint density at radius 3 is 2.37 bits per heavy atom. The summed E-state index contributed by atoms with van der Waals surface area (Å²) in [6, 6.07) is 15.0. The zero-order valence-electron chi connectivity index (χ0n) is 20.0. The van der Waals surface area contributed by atoms with Crippen LogP contribution in [0.5, 0.6) is 0 Å². The van der Waals surface area contributed by atoms with Crippen molar-refractivity contribution in [3.05, 3.63) is 54.1 Å². The van der Waals surface area contributed by atoms with Crippen molar-refractivity contribution < 1.29 is 19.1 Å². The Morgan fingerprint density at radius 2 is 1.71 bits per heavy atom. The van der Waals surface area contributed by atoms with Gasteiger partial charge in [-0.25, -0.2) is 5.01 Å². The monoisotopic (exact) mass is 478 g/mol. The summed E-state index contributed by atoms with van der Waals surface area (Å²) in [6.07, 6.45) is 0. The van der Waals surface area contributed by atoms with E-state index in [0.29, 0.717) is 31.1 Å². The van der Waals surface area contributed by atoms with Crippen molar-refractivity contribution in [3.63, 3.8) is 0 Å². The van der Waals surface area contributed by atoms with Crippen LogP contribution < -0.4 is 20.7 Å². The van der Waals surface area contributed by atoms with Gasteiger partial charge in [-0.1, -0.05) is 17.7 Å². The number of morpholine rings is 1. The maximum Gasteiger partial charge on any atom is 0.291 e. The first-order valence-corrected chi connectivity index (χ1v) is 11.7. The number of anilines is 3. The van der Waals surface area contributed by atoms with Gasteiger partial charge in [0.05, 0.1) is 18.9 Å². The van der Waals surface area contributed by atoms with E-state index in [-0.39, 0.29) is 30.7 Å². The predicted octanol–water partition coefficient (Wildman–Crippen LogP) is 1.57. The summed E-state index contributed by atoms with van der Waals surface area (Å²) in [5.41, 5.74) is 6.21. The Labute approximate surface area is 204 Å². The van der Waals surface area contributed by atoms with Gasteiger partial charge in [-0.2, -0.15) is 0 Å². The molecule has 2 aromatic carbocycles. The van der Waals surface area contributed by atoms with Gasteiger partial charge in [0.1, 0.15) is 13.1 Å². The van der Waals surface area contributed by atoms with Crippen LogP contribution in [0.2, 0.25) is 0 Å². The summed E-state index contributed by atoms with van der Waals surface area (Å²) < 4.78 is 5.38. The number of nitrogens with zero attached hydrogens (tertiary/aromatic N) is 4. The molecular formula is C25H30N6O4. The normalized spacial score (nSPS) is 15.8. The average Bonchev–Trinajstić information content (AvgIpc) is 2.89. The molecule has 35 heavy (non-hydrogen) atoms. The highest BCUT2D eigenvalue weighted by Gasteiger charge is 2.29. The standard InChI is InChI=1S/C25H30N6O4/c1-3-29(17-22(32)27-19-6-10-20(11-7-19)30-12-14-35-15-13-30)25(34)24-26-16-23(33)31(28-24)21-8-4-18(2)5-9-21/h4-11H,3,12-17H2,1-2H3,(H,26,28)(H,27,32). The second kappa shape index (κ2) is 11.0. The molecule has 0 spiro atoms. The van der Waals surface area contributed by atoms with Gasteiger partial charge in [-0.15, -0.1) is 0 Å². The van der Waals surface area contributed by atoms with E-state index in [4.69, 9.17) is 4.74 Å². The molecule has 2 aromatic rings. The lowest BCUT2D eigenvalue weighted by atomic mass is 10.2. The Kier molecular flexibility index (Phi) is 7.61. The van der Waals surface area contributed by atoms with Crippen molar-refractivity contribution in [1.29, 1.82) is 0 Å². The molecule has 3 amide bonds. The number of amidine groups is 1. The molecule has 0 radical (unpaired) electrons. The van der Waals surface area contributed by atoms with Gasteiger partial charge in [-0.3, -0.25) is 24.8 Å². The minimum Gasteiger partial charge on any atom is -0.378 e. The molecular weight excluding hydrogens is 448 g/mol. The average molecular weight is 479 g/mol. The highest BCUT2D eigenvalue weighted by atomic mass is 16.5. The SMILES string of the molecule is CCN(CC(=O)Nc1ccc(N2CCOCC2)cc1)C(=O)C1=NCC(=O)N(c2ccc(C)cc2)N1. The number of rotatable bonds is 7. The van der Waals surface area contributed by atoms with Gasteiger partial charge in [0.25, 0.3) is 11.8 Å². The number of benzene rings is 2. The van der Waals surface area contributed by atoms with Crippen LogP contribution in [0.3, 0.4) is 0 Å². The van der Waals surface area contributed by atoms with Crippen LogP contribution in [0.1, 0.15) is 12.5 Å². The van der Waals surface area contributed by atoms with Gasteiger partial charge in [0, 0.05) is 31.0 Å². The van der Waals surface area contributed by atoms with Crippen molar-refractivity contribution in [2.75, 3.05) is 61.2 Å². The molecule has 10 nitrogen and oxygen atoms in total. The molecule has 10 heteroatoms. The predicted molar refractivity (Wildman–Crippen MR) is 134 cm³/mol. The highest BCUT2D eigenvalue weighted by Crippen LogP contribution is 2.19. The van der Waals surface area contributed by atoms with Gasteiger partial charge in [0.2, 0.25) is 11.7 Å². The molecule has 0 aromatic heterocycles. The molecule has 0 saturated carbocycles. The second-order valence-electron chi connectivity index (χ2n) is 8.36. The molecule has 2 N–H and O–H groups in total. The number of carbonyl (C=O) groups excluding carboxylic acids is 3. The van der Waals surface area contributed by atoms with Gasteiger partial charge in [0.15, 0.2) is 0 Å². The lowest BCUT2D eigenvalue weighted by molar-refractivity contribution is -0.129. The minimum absolute atomic E-state index is 0.0229. The molecule has 0 aliphatic carbocycles. The molecule has 0 atom stereocenters. The van der Waals surface area contributed by atoms with Crippen LogP contribution in [-0.2, 0) is 19.1 Å². The molecule has 1 fully saturated rings. The summed E-state index contributed by atoms with van der Waals surface area (Å²) in [6.45, 7) is 6.84. The van der Waals surface area contributed by atoms with Crippen LogP contribution in [0.25, 0.3) is 0 Å². The first kappa shape index (κ1) is 24.2. The van der Waals surface area contributed by atoms with Crippen molar-refractivity contribution >= 4 is 40.6 Å². The molecule has 2 aliphatic rings. The maximum atomic E-state index is 13.1. The van der Waals surface area contributed by atoms with Crippen LogP contribution in [0.15, 0.2) is 53.5 Å². The van der Waals surface area contributed by atoms with E-state index in [2.05, 4.69) is 20.6 Å². The Balaban J connectivity index is 1.35. The van der Waals surface area contributed by atoms with E-state index < -0.39 is 5.91 Å². The Bertz CT molecular complexity index is 1090. The molecule has 4 rings (SSSR count). The number of ether oxygens (including phenoxy) is 1. The van der Waals surface area contributed by atoms with E-state index in [1.807, 2.05) is 43.3 Å². The van der Waals surface area contributed by atoms with Crippen LogP contribution in [-0.4, -0.2) is 74.4 Å². The number of hydrogen-bond donors (Lipinski definition) is 2.